The highest BCUT2D eigenvalue weighted by atomic mass is 32.1. The maximum absolute atomic E-state index is 12.0. The molecule has 1 aromatic carbocycles. The van der Waals surface area contributed by atoms with Gasteiger partial charge in [-0.3, -0.25) is 4.68 Å². The second-order valence-corrected chi connectivity index (χ2v) is 7.31. The maximum Gasteiger partial charge on any atom is 0.341 e. The number of methoxy groups -OCH3 is 1. The summed E-state index contributed by atoms with van der Waals surface area (Å²) in [6.07, 6.45) is 3.82. The number of esters is 1. The second kappa shape index (κ2) is 6.44. The molecule has 6 heteroatoms. The van der Waals surface area contributed by atoms with Crippen LogP contribution < -0.4 is 0 Å². The van der Waals surface area contributed by atoms with Gasteiger partial charge in [0.2, 0.25) is 0 Å². The van der Waals surface area contributed by atoms with E-state index in [1.54, 1.807) is 17.5 Å². The molecule has 0 bridgehead atoms. The fourth-order valence-corrected chi connectivity index (χ4v) is 3.81. The summed E-state index contributed by atoms with van der Waals surface area (Å²) >= 11 is 1.62. The minimum Gasteiger partial charge on any atom is -0.465 e. The van der Waals surface area contributed by atoms with E-state index in [-0.39, 0.29) is 5.97 Å². The van der Waals surface area contributed by atoms with Crippen molar-refractivity contribution in [2.45, 2.75) is 32.2 Å². The van der Waals surface area contributed by atoms with Crippen LogP contribution in [0.1, 0.15) is 45.4 Å². The van der Waals surface area contributed by atoms with Gasteiger partial charge in [-0.2, -0.15) is 5.10 Å². The van der Waals surface area contributed by atoms with E-state index in [1.807, 2.05) is 10.7 Å². The number of ether oxygens (including phenoxy) is 1. The number of thiazole rings is 1. The Bertz CT molecular complexity index is 924. The van der Waals surface area contributed by atoms with Gasteiger partial charge in [0.15, 0.2) is 0 Å². The van der Waals surface area contributed by atoms with E-state index in [0.717, 1.165) is 34.8 Å². The molecule has 0 N–H and O–H groups in total. The minimum atomic E-state index is -0.312. The molecule has 1 aliphatic carbocycles. The lowest BCUT2D eigenvalue weighted by Crippen LogP contribution is -2.09. The van der Waals surface area contributed by atoms with E-state index < -0.39 is 0 Å². The number of hydrogen-bond donors (Lipinski definition) is 0. The Morgan fingerprint density at radius 2 is 2.24 bits per heavy atom. The molecule has 0 saturated heterocycles. The Labute approximate surface area is 150 Å². The van der Waals surface area contributed by atoms with Crippen molar-refractivity contribution in [3.63, 3.8) is 0 Å². The number of aromatic nitrogens is 3. The molecular formula is C19H19N3O2S. The first-order chi connectivity index (χ1) is 12.2. The number of carbonyl (C=O) groups is 1. The Kier molecular flexibility index (Phi) is 4.13. The number of nitrogens with zero attached hydrogens (tertiary/aromatic N) is 3. The van der Waals surface area contributed by atoms with Gasteiger partial charge in [0.05, 0.1) is 31.2 Å². The second-order valence-electron chi connectivity index (χ2n) is 6.36. The number of rotatable bonds is 5. The highest BCUT2D eigenvalue weighted by molar-refractivity contribution is 7.09. The summed E-state index contributed by atoms with van der Waals surface area (Å²) in [7, 11) is 1.41. The highest BCUT2D eigenvalue weighted by Crippen LogP contribution is 2.42. The molecule has 128 valence electrons. The predicted molar refractivity (Wildman–Crippen MR) is 96.9 cm³/mol. The van der Waals surface area contributed by atoms with E-state index >= 15 is 0 Å². The lowest BCUT2D eigenvalue weighted by Gasteiger charge is -2.06. The van der Waals surface area contributed by atoms with Crippen LogP contribution in [0.15, 0.2) is 35.8 Å². The normalized spacial score (nSPS) is 13.8. The standard InChI is InChI=1S/C19H19N3O2S/c1-12-4-3-5-14(8-12)16-11-25-17(21-16)10-22-18(13-6-7-13)15(9-20-22)19(23)24-2/h3-5,8-9,11,13H,6-7,10H2,1-2H3. The Hall–Kier alpha value is -2.47. The molecule has 0 spiro atoms. The van der Waals surface area contributed by atoms with Crippen LogP contribution in [0.5, 0.6) is 0 Å². The number of carbonyl (C=O) groups excluding carboxylic acids is 1. The number of aryl methyl sites for hydroxylation is 1. The van der Waals surface area contributed by atoms with E-state index in [4.69, 9.17) is 9.72 Å². The molecular weight excluding hydrogens is 334 g/mol. The van der Waals surface area contributed by atoms with Crippen molar-refractivity contribution < 1.29 is 9.53 Å². The third-order valence-electron chi connectivity index (χ3n) is 4.40. The number of benzene rings is 1. The molecule has 0 amide bonds. The first-order valence-corrected chi connectivity index (χ1v) is 9.19. The van der Waals surface area contributed by atoms with Gasteiger partial charge >= 0.3 is 5.97 Å². The monoisotopic (exact) mass is 353 g/mol. The third kappa shape index (κ3) is 3.22. The van der Waals surface area contributed by atoms with Gasteiger partial charge in [-0.1, -0.05) is 23.8 Å². The lowest BCUT2D eigenvalue weighted by molar-refractivity contribution is 0.0599. The largest absolute Gasteiger partial charge is 0.465 e. The molecule has 2 aromatic heterocycles. The Balaban J connectivity index is 1.61. The zero-order valence-corrected chi connectivity index (χ0v) is 15.0. The summed E-state index contributed by atoms with van der Waals surface area (Å²) in [6.45, 7) is 2.66. The van der Waals surface area contributed by atoms with E-state index in [0.29, 0.717) is 18.0 Å². The summed E-state index contributed by atoms with van der Waals surface area (Å²) in [4.78, 5) is 16.7. The molecule has 0 aliphatic heterocycles. The van der Waals surface area contributed by atoms with E-state index in [9.17, 15) is 4.79 Å². The zero-order valence-electron chi connectivity index (χ0n) is 14.2. The van der Waals surface area contributed by atoms with Crippen LogP contribution in [0, 0.1) is 6.92 Å². The van der Waals surface area contributed by atoms with Crippen LogP contribution in [-0.4, -0.2) is 27.8 Å². The van der Waals surface area contributed by atoms with E-state index in [1.165, 1.54) is 12.7 Å². The van der Waals surface area contributed by atoms with Crippen LogP contribution >= 0.6 is 11.3 Å². The van der Waals surface area contributed by atoms with Crippen molar-refractivity contribution in [3.05, 3.63) is 57.7 Å². The van der Waals surface area contributed by atoms with Crippen molar-refractivity contribution in [1.29, 1.82) is 0 Å². The van der Waals surface area contributed by atoms with Gasteiger partial charge in [-0.05, 0) is 25.8 Å². The van der Waals surface area contributed by atoms with Crippen LogP contribution in [0.2, 0.25) is 0 Å². The van der Waals surface area contributed by atoms with Crippen LogP contribution in [0.25, 0.3) is 11.3 Å². The molecule has 1 saturated carbocycles. The molecule has 0 unspecified atom stereocenters. The maximum atomic E-state index is 12.0. The molecule has 4 rings (SSSR count). The molecule has 2 heterocycles. The van der Waals surface area contributed by atoms with Gasteiger partial charge in [-0.25, -0.2) is 9.78 Å². The summed E-state index contributed by atoms with van der Waals surface area (Å²) < 4.78 is 6.79. The molecule has 0 atom stereocenters. The highest BCUT2D eigenvalue weighted by Gasteiger charge is 2.33. The van der Waals surface area contributed by atoms with Gasteiger partial charge in [0.1, 0.15) is 10.6 Å². The van der Waals surface area contributed by atoms with Crippen molar-refractivity contribution in [1.82, 2.24) is 14.8 Å². The molecule has 25 heavy (non-hydrogen) atoms. The van der Waals surface area contributed by atoms with Crippen molar-refractivity contribution in [3.8, 4) is 11.3 Å². The van der Waals surface area contributed by atoms with Crippen LogP contribution in [0.3, 0.4) is 0 Å². The van der Waals surface area contributed by atoms with Crippen LogP contribution in [-0.2, 0) is 11.3 Å². The summed E-state index contributed by atoms with van der Waals surface area (Å²) in [6, 6.07) is 8.34. The molecule has 3 aromatic rings. The zero-order chi connectivity index (χ0) is 17.4. The molecule has 0 radical (unpaired) electrons. The summed E-state index contributed by atoms with van der Waals surface area (Å²) in [5.41, 5.74) is 4.90. The van der Waals surface area contributed by atoms with Crippen molar-refractivity contribution in [2.24, 2.45) is 0 Å². The van der Waals surface area contributed by atoms with Crippen molar-refractivity contribution in [2.75, 3.05) is 7.11 Å². The summed E-state index contributed by atoms with van der Waals surface area (Å²) in [5.74, 6) is 0.0977. The average Bonchev–Trinajstić information content (AvgIpc) is 3.20. The van der Waals surface area contributed by atoms with Crippen molar-refractivity contribution >= 4 is 17.3 Å². The molecule has 1 fully saturated rings. The predicted octanol–water partition coefficient (Wildman–Crippen LogP) is 4.03. The van der Waals surface area contributed by atoms with Gasteiger partial charge in [0.25, 0.3) is 0 Å². The summed E-state index contributed by atoms with van der Waals surface area (Å²) in [5, 5.41) is 7.48. The third-order valence-corrected chi connectivity index (χ3v) is 5.23. The lowest BCUT2D eigenvalue weighted by atomic mass is 10.1. The Morgan fingerprint density at radius 1 is 1.40 bits per heavy atom. The topological polar surface area (TPSA) is 57.0 Å². The molecule has 1 aliphatic rings. The Morgan fingerprint density at radius 3 is 2.96 bits per heavy atom. The van der Waals surface area contributed by atoms with Gasteiger partial charge < -0.3 is 4.74 Å². The van der Waals surface area contributed by atoms with E-state index in [2.05, 4.69) is 35.6 Å². The molecule has 5 nitrogen and oxygen atoms in total. The average molecular weight is 353 g/mol. The minimum absolute atomic E-state index is 0.312. The first-order valence-electron chi connectivity index (χ1n) is 8.31. The van der Waals surface area contributed by atoms with Gasteiger partial charge in [-0.15, -0.1) is 11.3 Å². The SMILES string of the molecule is COC(=O)c1cnn(Cc2nc(-c3cccc(C)c3)cs2)c1C1CC1. The van der Waals surface area contributed by atoms with Crippen LogP contribution in [0.4, 0.5) is 0 Å². The smallest absolute Gasteiger partial charge is 0.341 e. The fourth-order valence-electron chi connectivity index (χ4n) is 3.02. The van der Waals surface area contributed by atoms with Gasteiger partial charge in [0, 0.05) is 16.9 Å². The quantitative estimate of drug-likeness (QED) is 0.650. The fraction of sp³-hybridized carbons (Fsp3) is 0.316. The number of hydrogen-bond acceptors (Lipinski definition) is 5. The first kappa shape index (κ1) is 16.0.